The van der Waals surface area contributed by atoms with Crippen molar-refractivity contribution in [3.8, 4) is 0 Å². The zero-order chi connectivity index (χ0) is 14.7. The summed E-state index contributed by atoms with van der Waals surface area (Å²) >= 11 is 0. The lowest BCUT2D eigenvalue weighted by Gasteiger charge is -2.23. The molecule has 0 fully saturated rings. The molecular formula is C15H24N2O2. The molecule has 1 aromatic rings. The summed E-state index contributed by atoms with van der Waals surface area (Å²) in [6.45, 7) is 10.7. The maximum atomic E-state index is 10.7. The lowest BCUT2D eigenvalue weighted by molar-refractivity contribution is -0.122. The first-order chi connectivity index (χ1) is 8.77. The van der Waals surface area contributed by atoms with Gasteiger partial charge in [-0.25, -0.2) is 0 Å². The van der Waals surface area contributed by atoms with Gasteiger partial charge in [0.1, 0.15) is 6.61 Å². The van der Waals surface area contributed by atoms with Crippen LogP contribution in [0.4, 0.5) is 0 Å². The number of benzene rings is 1. The van der Waals surface area contributed by atoms with E-state index in [2.05, 4.69) is 34.6 Å². The normalized spacial score (nSPS) is 12.5. The van der Waals surface area contributed by atoms with Crippen LogP contribution in [0.25, 0.3) is 0 Å². The van der Waals surface area contributed by atoms with E-state index in [1.807, 2.05) is 0 Å². The summed E-state index contributed by atoms with van der Waals surface area (Å²) in [5.74, 6) is -0.475. The molecule has 0 aromatic heterocycles. The summed E-state index contributed by atoms with van der Waals surface area (Å²) < 4.78 is 5.23. The molecular weight excluding hydrogens is 240 g/mol. The van der Waals surface area contributed by atoms with Crippen LogP contribution in [0.2, 0.25) is 0 Å². The Bertz CT molecular complexity index is 466. The fourth-order valence-corrected chi connectivity index (χ4v) is 2.46. The number of rotatable bonds is 5. The van der Waals surface area contributed by atoms with E-state index in [0.29, 0.717) is 6.61 Å². The number of hydrogen-bond acceptors (Lipinski definition) is 3. The lowest BCUT2D eigenvalue weighted by Crippen LogP contribution is -2.25. The first-order valence-electron chi connectivity index (χ1n) is 6.45. The van der Waals surface area contributed by atoms with Crippen LogP contribution in [-0.4, -0.2) is 19.1 Å². The third-order valence-electron chi connectivity index (χ3n) is 3.97. The van der Waals surface area contributed by atoms with Gasteiger partial charge in [-0.15, -0.1) is 0 Å². The maximum absolute atomic E-state index is 10.7. The first kappa shape index (κ1) is 15.7. The molecule has 1 unspecified atom stereocenters. The fourth-order valence-electron chi connectivity index (χ4n) is 2.46. The van der Waals surface area contributed by atoms with Crippen LogP contribution < -0.4 is 11.5 Å². The summed E-state index contributed by atoms with van der Waals surface area (Å²) in [5, 5.41) is 0. The number of carbonyl (C=O) groups excluding carboxylic acids is 1. The summed E-state index contributed by atoms with van der Waals surface area (Å²) in [5.41, 5.74) is 18.6. The van der Waals surface area contributed by atoms with Crippen molar-refractivity contribution in [3.05, 3.63) is 33.4 Å². The van der Waals surface area contributed by atoms with Crippen LogP contribution in [0.5, 0.6) is 0 Å². The van der Waals surface area contributed by atoms with Crippen LogP contribution in [0.3, 0.4) is 0 Å². The smallest absolute Gasteiger partial charge is 0.243 e. The SMILES string of the molecule is Cc1c(C)c(C)c(C(N)COCC(N)=O)c(C)c1C. The molecule has 4 heteroatoms. The maximum Gasteiger partial charge on any atom is 0.243 e. The zero-order valence-electron chi connectivity index (χ0n) is 12.5. The van der Waals surface area contributed by atoms with Crippen LogP contribution in [-0.2, 0) is 9.53 Å². The van der Waals surface area contributed by atoms with Gasteiger partial charge in [0, 0.05) is 0 Å². The van der Waals surface area contributed by atoms with Crippen LogP contribution in [0.15, 0.2) is 0 Å². The molecule has 0 aliphatic carbocycles. The molecule has 0 heterocycles. The second-order valence-corrected chi connectivity index (χ2v) is 5.13. The Labute approximate surface area is 115 Å². The van der Waals surface area contributed by atoms with E-state index in [4.69, 9.17) is 16.2 Å². The Morgan fingerprint density at radius 3 is 1.84 bits per heavy atom. The molecule has 1 amide bonds. The van der Waals surface area contributed by atoms with Crippen LogP contribution in [0, 0.1) is 34.6 Å². The van der Waals surface area contributed by atoms with E-state index in [1.54, 1.807) is 0 Å². The van der Waals surface area contributed by atoms with Gasteiger partial charge in [-0.2, -0.15) is 0 Å². The van der Waals surface area contributed by atoms with Crippen molar-refractivity contribution in [1.82, 2.24) is 0 Å². The molecule has 1 aromatic carbocycles. The minimum atomic E-state index is -0.475. The average molecular weight is 264 g/mol. The third-order valence-corrected chi connectivity index (χ3v) is 3.97. The highest BCUT2D eigenvalue weighted by atomic mass is 16.5. The number of hydrogen-bond donors (Lipinski definition) is 2. The Kier molecular flexibility index (Phi) is 5.09. The number of primary amides is 1. The van der Waals surface area contributed by atoms with Gasteiger partial charge in [0.05, 0.1) is 12.6 Å². The van der Waals surface area contributed by atoms with Gasteiger partial charge in [0.2, 0.25) is 5.91 Å². The van der Waals surface area contributed by atoms with Crippen molar-refractivity contribution >= 4 is 5.91 Å². The Morgan fingerprint density at radius 1 is 1.00 bits per heavy atom. The Hall–Kier alpha value is -1.39. The molecule has 0 spiro atoms. The Balaban J connectivity index is 3.03. The lowest BCUT2D eigenvalue weighted by atomic mass is 9.87. The predicted octanol–water partition coefficient (Wildman–Crippen LogP) is 1.73. The number of nitrogens with two attached hydrogens (primary N) is 2. The van der Waals surface area contributed by atoms with E-state index in [-0.39, 0.29) is 12.6 Å². The monoisotopic (exact) mass is 264 g/mol. The molecule has 0 bridgehead atoms. The molecule has 0 saturated heterocycles. The van der Waals surface area contributed by atoms with E-state index < -0.39 is 5.91 Å². The van der Waals surface area contributed by atoms with E-state index >= 15 is 0 Å². The van der Waals surface area contributed by atoms with Gasteiger partial charge >= 0.3 is 0 Å². The fraction of sp³-hybridized carbons (Fsp3) is 0.533. The molecule has 106 valence electrons. The van der Waals surface area contributed by atoms with Gasteiger partial charge < -0.3 is 16.2 Å². The van der Waals surface area contributed by atoms with Crippen molar-refractivity contribution in [1.29, 1.82) is 0 Å². The highest BCUT2D eigenvalue weighted by molar-refractivity contribution is 5.74. The van der Waals surface area contributed by atoms with Gasteiger partial charge in [0.25, 0.3) is 0 Å². The average Bonchev–Trinajstić information content (AvgIpc) is 2.34. The van der Waals surface area contributed by atoms with E-state index in [0.717, 1.165) is 5.56 Å². The summed E-state index contributed by atoms with van der Waals surface area (Å²) in [6.07, 6.45) is 0. The van der Waals surface area contributed by atoms with Gasteiger partial charge in [-0.05, 0) is 68.0 Å². The van der Waals surface area contributed by atoms with Crippen molar-refractivity contribution in [3.63, 3.8) is 0 Å². The number of amides is 1. The minimum absolute atomic E-state index is 0.0877. The highest BCUT2D eigenvalue weighted by Crippen LogP contribution is 2.29. The summed E-state index contributed by atoms with van der Waals surface area (Å²) in [7, 11) is 0. The Morgan fingerprint density at radius 2 is 1.42 bits per heavy atom. The standard InChI is InChI=1S/C15H24N2O2/c1-8-9(2)11(4)15(12(5)10(8)3)13(16)6-19-7-14(17)18/h13H,6-7,16H2,1-5H3,(H2,17,18). The second kappa shape index (κ2) is 6.17. The molecule has 1 rings (SSSR count). The van der Waals surface area contributed by atoms with Crippen molar-refractivity contribution in [2.75, 3.05) is 13.2 Å². The molecule has 0 radical (unpaired) electrons. The number of carbonyl (C=O) groups is 1. The molecule has 19 heavy (non-hydrogen) atoms. The van der Waals surface area contributed by atoms with Crippen molar-refractivity contribution in [2.24, 2.45) is 11.5 Å². The second-order valence-electron chi connectivity index (χ2n) is 5.13. The molecule has 4 N–H and O–H groups in total. The molecule has 1 atom stereocenters. The zero-order valence-corrected chi connectivity index (χ0v) is 12.5. The topological polar surface area (TPSA) is 78.3 Å². The molecule has 0 saturated carbocycles. The van der Waals surface area contributed by atoms with Crippen molar-refractivity contribution < 1.29 is 9.53 Å². The van der Waals surface area contributed by atoms with Crippen LogP contribution in [0.1, 0.15) is 39.4 Å². The summed E-state index contributed by atoms with van der Waals surface area (Å²) in [4.78, 5) is 10.7. The molecule has 0 aliphatic rings. The van der Waals surface area contributed by atoms with E-state index in [9.17, 15) is 4.79 Å². The minimum Gasteiger partial charge on any atom is -0.370 e. The highest BCUT2D eigenvalue weighted by Gasteiger charge is 2.17. The van der Waals surface area contributed by atoms with Gasteiger partial charge in [-0.1, -0.05) is 0 Å². The van der Waals surface area contributed by atoms with Gasteiger partial charge in [-0.3, -0.25) is 4.79 Å². The van der Waals surface area contributed by atoms with Crippen LogP contribution >= 0.6 is 0 Å². The largest absolute Gasteiger partial charge is 0.370 e. The number of ether oxygens (including phenoxy) is 1. The van der Waals surface area contributed by atoms with Gasteiger partial charge in [0.15, 0.2) is 0 Å². The third kappa shape index (κ3) is 3.33. The first-order valence-corrected chi connectivity index (χ1v) is 6.45. The van der Waals surface area contributed by atoms with E-state index in [1.165, 1.54) is 27.8 Å². The molecule has 4 nitrogen and oxygen atoms in total. The quantitative estimate of drug-likeness (QED) is 0.850. The molecule has 0 aliphatic heterocycles. The predicted molar refractivity (Wildman–Crippen MR) is 77.1 cm³/mol. The van der Waals surface area contributed by atoms with Crippen molar-refractivity contribution in [2.45, 2.75) is 40.7 Å². The summed E-state index contributed by atoms with van der Waals surface area (Å²) in [6, 6.07) is -0.239.